The fourth-order valence-corrected chi connectivity index (χ4v) is 3.17. The number of amides is 1. The van der Waals surface area contributed by atoms with E-state index in [-0.39, 0.29) is 11.6 Å². The van der Waals surface area contributed by atoms with E-state index >= 15 is 0 Å². The number of benzene rings is 2. The van der Waals surface area contributed by atoms with Crippen LogP contribution in [0.1, 0.15) is 10.4 Å². The van der Waals surface area contributed by atoms with Crippen molar-refractivity contribution >= 4 is 28.9 Å². The highest BCUT2D eigenvalue weighted by atomic mass is 35.5. The lowest BCUT2D eigenvalue weighted by Gasteiger charge is -2.35. The fourth-order valence-electron chi connectivity index (χ4n) is 3.00. The third kappa shape index (κ3) is 3.72. The van der Waals surface area contributed by atoms with Crippen LogP contribution in [-0.4, -0.2) is 49.0 Å². The topological polar surface area (TPSA) is 75.9 Å². The van der Waals surface area contributed by atoms with Gasteiger partial charge in [0.15, 0.2) is 0 Å². The minimum atomic E-state index is -0.436. The minimum Gasteiger partial charge on any atom is -0.497 e. The molecule has 2 aromatic carbocycles. The van der Waals surface area contributed by atoms with Crippen molar-refractivity contribution in [3.8, 4) is 5.75 Å². The zero-order valence-corrected chi connectivity index (χ0v) is 15.0. The monoisotopic (exact) mass is 375 g/mol. The summed E-state index contributed by atoms with van der Waals surface area (Å²) >= 11 is 5.87. The van der Waals surface area contributed by atoms with Gasteiger partial charge in [-0.05, 0) is 30.3 Å². The molecular formula is C18H18ClN3O4. The van der Waals surface area contributed by atoms with Gasteiger partial charge in [-0.2, -0.15) is 0 Å². The summed E-state index contributed by atoms with van der Waals surface area (Å²) < 4.78 is 5.16. The molecule has 0 N–H and O–H groups in total. The van der Waals surface area contributed by atoms with Gasteiger partial charge < -0.3 is 14.5 Å². The Morgan fingerprint density at radius 3 is 2.54 bits per heavy atom. The maximum absolute atomic E-state index is 12.7. The molecule has 0 unspecified atom stereocenters. The normalized spacial score (nSPS) is 14.2. The molecule has 7 nitrogen and oxygen atoms in total. The van der Waals surface area contributed by atoms with Crippen LogP contribution in [-0.2, 0) is 0 Å². The summed E-state index contributed by atoms with van der Waals surface area (Å²) in [6, 6.07) is 11.7. The van der Waals surface area contributed by atoms with Gasteiger partial charge in [-0.15, -0.1) is 0 Å². The highest BCUT2D eigenvalue weighted by Crippen LogP contribution is 2.31. The van der Waals surface area contributed by atoms with E-state index < -0.39 is 4.92 Å². The predicted octanol–water partition coefficient (Wildman–Crippen LogP) is 3.22. The van der Waals surface area contributed by atoms with Crippen LogP contribution in [0.2, 0.25) is 5.02 Å². The Hall–Kier alpha value is -2.80. The average molecular weight is 376 g/mol. The highest BCUT2D eigenvalue weighted by molar-refractivity contribution is 6.30. The van der Waals surface area contributed by atoms with Crippen molar-refractivity contribution in [2.45, 2.75) is 0 Å². The highest BCUT2D eigenvalue weighted by Gasteiger charge is 2.26. The van der Waals surface area contributed by atoms with Crippen LogP contribution in [0.3, 0.4) is 0 Å². The van der Waals surface area contributed by atoms with Crippen LogP contribution in [0.5, 0.6) is 5.75 Å². The van der Waals surface area contributed by atoms with Crippen molar-refractivity contribution in [1.82, 2.24) is 4.90 Å². The van der Waals surface area contributed by atoms with Crippen molar-refractivity contribution in [2.24, 2.45) is 0 Å². The second-order valence-electron chi connectivity index (χ2n) is 5.90. The number of nitro groups is 1. The number of piperazine rings is 1. The number of carbonyl (C=O) groups excluding carboxylic acids is 1. The van der Waals surface area contributed by atoms with Gasteiger partial charge in [0.05, 0.1) is 12.0 Å². The van der Waals surface area contributed by atoms with E-state index in [4.69, 9.17) is 16.3 Å². The van der Waals surface area contributed by atoms with E-state index in [0.29, 0.717) is 48.2 Å². The Morgan fingerprint density at radius 1 is 1.15 bits per heavy atom. The molecule has 0 bridgehead atoms. The van der Waals surface area contributed by atoms with Crippen molar-refractivity contribution in [1.29, 1.82) is 0 Å². The van der Waals surface area contributed by atoms with Gasteiger partial charge in [-0.25, -0.2) is 0 Å². The Bertz CT molecular complexity index is 835. The molecule has 3 rings (SSSR count). The lowest BCUT2D eigenvalue weighted by atomic mass is 10.1. The molecule has 0 saturated carbocycles. The largest absolute Gasteiger partial charge is 0.497 e. The van der Waals surface area contributed by atoms with Crippen molar-refractivity contribution in [3.63, 3.8) is 0 Å². The molecule has 136 valence electrons. The molecule has 0 atom stereocenters. The summed E-state index contributed by atoms with van der Waals surface area (Å²) in [6.45, 7) is 1.99. The molecular weight excluding hydrogens is 358 g/mol. The van der Waals surface area contributed by atoms with Crippen LogP contribution in [0.25, 0.3) is 0 Å². The molecule has 0 radical (unpaired) electrons. The van der Waals surface area contributed by atoms with Gasteiger partial charge in [0, 0.05) is 42.8 Å². The molecule has 1 fully saturated rings. The summed E-state index contributed by atoms with van der Waals surface area (Å²) in [4.78, 5) is 27.1. The van der Waals surface area contributed by atoms with E-state index in [1.54, 1.807) is 48.4 Å². The maximum atomic E-state index is 12.7. The van der Waals surface area contributed by atoms with Crippen LogP contribution in [0.4, 0.5) is 11.4 Å². The minimum absolute atomic E-state index is 0.0231. The Balaban J connectivity index is 1.71. The number of hydrogen-bond acceptors (Lipinski definition) is 5. The molecule has 1 heterocycles. The van der Waals surface area contributed by atoms with E-state index in [1.807, 2.05) is 4.90 Å². The molecule has 0 spiro atoms. The zero-order valence-electron chi connectivity index (χ0n) is 14.2. The van der Waals surface area contributed by atoms with Gasteiger partial charge in [-0.1, -0.05) is 17.7 Å². The van der Waals surface area contributed by atoms with Gasteiger partial charge >= 0.3 is 0 Å². The molecule has 1 aliphatic rings. The van der Waals surface area contributed by atoms with Crippen LogP contribution in [0, 0.1) is 10.1 Å². The zero-order chi connectivity index (χ0) is 18.7. The SMILES string of the molecule is COc1cccc(C(=O)N2CCN(c3ccc(Cl)cc3[N+](=O)[O-])CC2)c1. The number of rotatable bonds is 4. The Morgan fingerprint density at radius 2 is 1.88 bits per heavy atom. The number of ether oxygens (including phenoxy) is 1. The molecule has 1 saturated heterocycles. The Labute approximate surface area is 155 Å². The first-order valence-electron chi connectivity index (χ1n) is 8.12. The predicted molar refractivity (Wildman–Crippen MR) is 99.2 cm³/mol. The summed E-state index contributed by atoms with van der Waals surface area (Å²) in [5.41, 5.74) is 1.06. The molecule has 0 aliphatic carbocycles. The quantitative estimate of drug-likeness (QED) is 0.605. The number of nitrogens with zero attached hydrogens (tertiary/aromatic N) is 3. The van der Waals surface area contributed by atoms with Gasteiger partial charge in [0.1, 0.15) is 11.4 Å². The maximum Gasteiger partial charge on any atom is 0.294 e. The van der Waals surface area contributed by atoms with Crippen LogP contribution in [0.15, 0.2) is 42.5 Å². The number of anilines is 1. The van der Waals surface area contributed by atoms with Crippen molar-refractivity contribution < 1.29 is 14.5 Å². The molecule has 8 heteroatoms. The molecule has 1 amide bonds. The van der Waals surface area contributed by atoms with Crippen molar-refractivity contribution in [3.05, 3.63) is 63.2 Å². The first kappa shape index (κ1) is 18.0. The van der Waals surface area contributed by atoms with E-state index in [1.165, 1.54) is 6.07 Å². The lowest BCUT2D eigenvalue weighted by molar-refractivity contribution is -0.384. The third-order valence-corrected chi connectivity index (χ3v) is 4.59. The standard InChI is InChI=1S/C18H18ClN3O4/c1-26-15-4-2-3-13(11-15)18(23)21-9-7-20(8-10-21)16-6-5-14(19)12-17(16)22(24)25/h2-6,11-12H,7-10H2,1H3. The molecule has 1 aliphatic heterocycles. The van der Waals surface area contributed by atoms with Gasteiger partial charge in [-0.3, -0.25) is 14.9 Å². The van der Waals surface area contributed by atoms with Crippen LogP contribution >= 0.6 is 11.6 Å². The number of carbonyl (C=O) groups is 1. The molecule has 0 aromatic heterocycles. The van der Waals surface area contributed by atoms with Gasteiger partial charge in [0.2, 0.25) is 0 Å². The summed E-state index contributed by atoms with van der Waals surface area (Å²) in [6.07, 6.45) is 0. The Kier molecular flexibility index (Phi) is 5.27. The lowest BCUT2D eigenvalue weighted by Crippen LogP contribution is -2.49. The molecule has 2 aromatic rings. The average Bonchev–Trinajstić information content (AvgIpc) is 2.67. The summed E-state index contributed by atoms with van der Waals surface area (Å²) in [5, 5.41) is 11.6. The van der Waals surface area contributed by atoms with Gasteiger partial charge in [0.25, 0.3) is 11.6 Å². The fraction of sp³-hybridized carbons (Fsp3) is 0.278. The summed E-state index contributed by atoms with van der Waals surface area (Å²) in [5.74, 6) is 0.556. The second-order valence-corrected chi connectivity index (χ2v) is 6.34. The first-order valence-corrected chi connectivity index (χ1v) is 8.49. The van der Waals surface area contributed by atoms with E-state index in [9.17, 15) is 14.9 Å². The molecule has 26 heavy (non-hydrogen) atoms. The smallest absolute Gasteiger partial charge is 0.294 e. The number of methoxy groups -OCH3 is 1. The van der Waals surface area contributed by atoms with Crippen molar-refractivity contribution in [2.75, 3.05) is 38.2 Å². The number of nitro benzene ring substituents is 1. The second kappa shape index (κ2) is 7.61. The first-order chi connectivity index (χ1) is 12.5. The van der Waals surface area contributed by atoms with E-state index in [2.05, 4.69) is 0 Å². The number of halogens is 1. The van der Waals surface area contributed by atoms with E-state index in [0.717, 1.165) is 0 Å². The third-order valence-electron chi connectivity index (χ3n) is 4.36. The van der Waals surface area contributed by atoms with Crippen LogP contribution < -0.4 is 9.64 Å². The summed E-state index contributed by atoms with van der Waals surface area (Å²) in [7, 11) is 1.56. The number of hydrogen-bond donors (Lipinski definition) is 0.